The number of terminal acetylenes is 1. The van der Waals surface area contributed by atoms with Gasteiger partial charge >= 0.3 is 0 Å². The quantitative estimate of drug-likeness (QED) is 0.367. The molecule has 2 amide bonds. The minimum Gasteiger partial charge on any atom is -0.334 e. The number of piperazine rings is 1. The number of hydrogen-bond acceptors (Lipinski definition) is 5. The molecule has 0 bridgehead atoms. The van der Waals surface area contributed by atoms with Crippen molar-refractivity contribution in [1.29, 1.82) is 0 Å². The highest BCUT2D eigenvalue weighted by atomic mass is 16.2. The van der Waals surface area contributed by atoms with Gasteiger partial charge in [0.2, 0.25) is 5.91 Å². The molecule has 2 aliphatic rings. The zero-order chi connectivity index (χ0) is 26.9. The van der Waals surface area contributed by atoms with Gasteiger partial charge in [-0.1, -0.05) is 78.7 Å². The molecule has 0 spiro atoms. The predicted molar refractivity (Wildman–Crippen MR) is 148 cm³/mol. The van der Waals surface area contributed by atoms with Gasteiger partial charge in [-0.25, -0.2) is 15.0 Å². The van der Waals surface area contributed by atoms with Crippen LogP contribution in [0.3, 0.4) is 0 Å². The number of fused-ring (bicyclic) bond motifs is 2. The first kappa shape index (κ1) is 24.9. The average Bonchev–Trinajstić information content (AvgIpc) is 3.34. The Kier molecular flexibility index (Phi) is 6.61. The number of benzene rings is 3. The van der Waals surface area contributed by atoms with Crippen molar-refractivity contribution >= 4 is 22.8 Å². The molecule has 2 saturated heterocycles. The second-order valence-corrected chi connectivity index (χ2v) is 10.1. The molecule has 2 fully saturated rings. The van der Waals surface area contributed by atoms with Crippen molar-refractivity contribution in [3.05, 3.63) is 102 Å². The minimum absolute atomic E-state index is 0.0937. The fourth-order valence-corrected chi connectivity index (χ4v) is 5.76. The topological polar surface area (TPSA) is 64.9 Å². The summed E-state index contributed by atoms with van der Waals surface area (Å²) in [6, 6.07) is 25.0. The first-order valence-electron chi connectivity index (χ1n) is 13.1. The monoisotopic (exact) mass is 518 g/mol. The van der Waals surface area contributed by atoms with E-state index in [0.717, 1.165) is 27.7 Å². The number of para-hydroxylation sites is 1. The summed E-state index contributed by atoms with van der Waals surface area (Å²) in [6.45, 7) is 1.74. The molecule has 3 heterocycles. The molecule has 39 heavy (non-hydrogen) atoms. The third kappa shape index (κ3) is 4.56. The largest absolute Gasteiger partial charge is 0.334 e. The van der Waals surface area contributed by atoms with Crippen LogP contribution in [-0.2, 0) is 29.7 Å². The van der Waals surface area contributed by atoms with Gasteiger partial charge in [0.25, 0.3) is 5.91 Å². The molecule has 2 atom stereocenters. The van der Waals surface area contributed by atoms with E-state index in [-0.39, 0.29) is 24.5 Å². The first-order chi connectivity index (χ1) is 19.0. The lowest BCUT2D eigenvalue weighted by atomic mass is 9.98. The van der Waals surface area contributed by atoms with Gasteiger partial charge in [-0.15, -0.1) is 6.42 Å². The Bertz CT molecular complexity index is 1540. The normalized spacial score (nSPS) is 20.3. The van der Waals surface area contributed by atoms with E-state index in [1.165, 1.54) is 0 Å². The summed E-state index contributed by atoms with van der Waals surface area (Å²) in [7, 11) is 1.96. The maximum atomic E-state index is 14.2. The lowest BCUT2D eigenvalue weighted by Gasteiger charge is -2.55. The average molecular weight is 519 g/mol. The highest BCUT2D eigenvalue weighted by Crippen LogP contribution is 2.36. The van der Waals surface area contributed by atoms with E-state index >= 15 is 0 Å². The summed E-state index contributed by atoms with van der Waals surface area (Å²) < 4.78 is 1.98. The van der Waals surface area contributed by atoms with Crippen molar-refractivity contribution in [2.45, 2.75) is 25.3 Å². The highest BCUT2D eigenvalue weighted by Gasteiger charge is 2.50. The van der Waals surface area contributed by atoms with Crippen LogP contribution in [0.4, 0.5) is 0 Å². The molecule has 2 aliphatic heterocycles. The molecule has 196 valence electrons. The Hall–Kier alpha value is -4.45. The molecule has 0 saturated carbocycles. The summed E-state index contributed by atoms with van der Waals surface area (Å²) >= 11 is 0. The highest BCUT2D eigenvalue weighted by molar-refractivity contribution is 5.91. The molecule has 4 aromatic rings. The van der Waals surface area contributed by atoms with Gasteiger partial charge in [0.15, 0.2) is 0 Å². The van der Waals surface area contributed by atoms with Crippen molar-refractivity contribution in [3.63, 3.8) is 0 Å². The number of nitrogens with zero attached hydrogens (tertiary/aromatic N) is 6. The van der Waals surface area contributed by atoms with Crippen LogP contribution >= 0.6 is 0 Å². The molecule has 0 N–H and O–H groups in total. The van der Waals surface area contributed by atoms with Crippen LogP contribution in [0.1, 0.15) is 22.7 Å². The van der Waals surface area contributed by atoms with Gasteiger partial charge in [-0.2, -0.15) is 0 Å². The molecule has 3 aromatic carbocycles. The third-order valence-electron chi connectivity index (χ3n) is 7.62. The lowest BCUT2D eigenvalue weighted by Crippen LogP contribution is -2.72. The van der Waals surface area contributed by atoms with Gasteiger partial charge in [0.05, 0.1) is 37.0 Å². The van der Waals surface area contributed by atoms with Crippen LogP contribution in [0.5, 0.6) is 0 Å². The number of hydrazine groups is 1. The van der Waals surface area contributed by atoms with E-state index in [2.05, 4.69) is 28.0 Å². The van der Waals surface area contributed by atoms with Crippen molar-refractivity contribution in [1.82, 2.24) is 29.4 Å². The lowest BCUT2D eigenvalue weighted by molar-refractivity contribution is -0.205. The Morgan fingerprint density at radius 2 is 1.69 bits per heavy atom. The molecule has 0 aliphatic carbocycles. The fraction of sp³-hybridized carbons (Fsp3) is 0.258. The predicted octanol–water partition coefficient (Wildman–Crippen LogP) is 3.18. The second kappa shape index (κ2) is 10.4. The summed E-state index contributed by atoms with van der Waals surface area (Å²) in [6.07, 6.45) is 7.14. The van der Waals surface area contributed by atoms with Crippen molar-refractivity contribution in [2.24, 2.45) is 7.05 Å². The number of hydrogen-bond donors (Lipinski definition) is 0. The summed E-state index contributed by atoms with van der Waals surface area (Å²) in [5.41, 5.74) is 4.76. The van der Waals surface area contributed by atoms with E-state index in [4.69, 9.17) is 6.42 Å². The van der Waals surface area contributed by atoms with Crippen LogP contribution < -0.4 is 0 Å². The van der Waals surface area contributed by atoms with Gasteiger partial charge in [0, 0.05) is 20.1 Å². The molecule has 8 nitrogen and oxygen atoms in total. The van der Waals surface area contributed by atoms with Gasteiger partial charge in [-0.05, 0) is 22.8 Å². The van der Waals surface area contributed by atoms with E-state index in [0.29, 0.717) is 26.2 Å². The standard InChI is InChI=1S/C31H30N6O2/c1-3-17-35-21-28(38)37-27(36(35)18-23-11-6-4-7-12-23)20-34(31(39)30(37)24-13-8-5-9-14-24)19-25-15-10-16-26-29(25)32-22-33(26)2/h1,4-16,22,27,30H,17-21H2,2H3/t27-,30+/m1/s1. The maximum absolute atomic E-state index is 14.2. The number of amides is 2. The Morgan fingerprint density at radius 1 is 0.949 bits per heavy atom. The smallest absolute Gasteiger partial charge is 0.250 e. The van der Waals surface area contributed by atoms with Gasteiger partial charge < -0.3 is 14.4 Å². The summed E-state index contributed by atoms with van der Waals surface area (Å²) in [5, 5.41) is 4.10. The Morgan fingerprint density at radius 3 is 2.44 bits per heavy atom. The van der Waals surface area contributed by atoms with Crippen LogP contribution in [-0.4, -0.2) is 67.0 Å². The van der Waals surface area contributed by atoms with Crippen molar-refractivity contribution in [2.75, 3.05) is 19.6 Å². The molecule has 6 rings (SSSR count). The number of carbonyl (C=O) groups is 2. The summed E-state index contributed by atoms with van der Waals surface area (Å²) in [4.78, 5) is 36.1. The fourth-order valence-electron chi connectivity index (χ4n) is 5.76. The number of aromatic nitrogens is 2. The second-order valence-electron chi connectivity index (χ2n) is 10.1. The molecule has 1 aromatic heterocycles. The van der Waals surface area contributed by atoms with Crippen molar-refractivity contribution in [3.8, 4) is 12.3 Å². The Balaban J connectivity index is 1.43. The number of rotatable bonds is 6. The van der Waals surface area contributed by atoms with E-state index in [9.17, 15) is 9.59 Å². The first-order valence-corrected chi connectivity index (χ1v) is 13.1. The van der Waals surface area contributed by atoms with Gasteiger partial charge in [0.1, 0.15) is 12.2 Å². The van der Waals surface area contributed by atoms with E-state index in [1.807, 2.05) is 88.3 Å². The number of imidazole rings is 1. The van der Waals surface area contributed by atoms with E-state index < -0.39 is 6.04 Å². The van der Waals surface area contributed by atoms with Gasteiger partial charge in [-0.3, -0.25) is 9.59 Å². The van der Waals surface area contributed by atoms with Crippen LogP contribution in [0.2, 0.25) is 0 Å². The third-order valence-corrected chi connectivity index (χ3v) is 7.62. The minimum atomic E-state index is -0.730. The van der Waals surface area contributed by atoms with E-state index in [1.54, 1.807) is 11.2 Å². The van der Waals surface area contributed by atoms with Crippen molar-refractivity contribution < 1.29 is 9.59 Å². The number of carbonyl (C=O) groups excluding carboxylic acids is 2. The molecule has 8 heteroatoms. The molecule has 0 unspecified atom stereocenters. The maximum Gasteiger partial charge on any atom is 0.250 e. The molecular formula is C31H30N6O2. The SMILES string of the molecule is C#CCN1CC(=O)N2[C@@H](c3ccccc3)C(=O)N(Cc3cccc4c3ncn4C)C[C@@H]2N1Cc1ccccc1. The molecular weight excluding hydrogens is 488 g/mol. The summed E-state index contributed by atoms with van der Waals surface area (Å²) in [5.74, 6) is 2.52. The number of aryl methyl sites for hydroxylation is 1. The molecule has 0 radical (unpaired) electrons. The zero-order valence-electron chi connectivity index (χ0n) is 21.9. The van der Waals surface area contributed by atoms with Crippen LogP contribution in [0.25, 0.3) is 11.0 Å². The van der Waals surface area contributed by atoms with Crippen LogP contribution in [0, 0.1) is 12.3 Å². The Labute approximate surface area is 228 Å². The zero-order valence-corrected chi connectivity index (χ0v) is 21.9. The van der Waals surface area contributed by atoms with Crippen LogP contribution in [0.15, 0.2) is 85.2 Å².